The Labute approximate surface area is 131 Å². The number of benzene rings is 1. The summed E-state index contributed by atoms with van der Waals surface area (Å²) in [5.41, 5.74) is 0.864. The molecule has 1 fully saturated rings. The molecular formula is C17H24ClF2N. The molecule has 1 aliphatic rings. The summed E-state index contributed by atoms with van der Waals surface area (Å²) in [4.78, 5) is 0. The molecular weight excluding hydrogens is 292 g/mol. The van der Waals surface area contributed by atoms with Crippen molar-refractivity contribution in [3.8, 4) is 0 Å². The number of hydrogen-bond acceptors (Lipinski definition) is 1. The van der Waals surface area contributed by atoms with Crippen LogP contribution in [0.3, 0.4) is 0 Å². The second-order valence-electron chi connectivity index (χ2n) is 6.71. The molecule has 118 valence electrons. The van der Waals surface area contributed by atoms with Crippen molar-refractivity contribution in [3.05, 3.63) is 34.4 Å². The number of nitrogens with one attached hydrogen (secondary N) is 1. The minimum absolute atomic E-state index is 0.0231. The Morgan fingerprint density at radius 3 is 2.57 bits per heavy atom. The first-order valence-corrected chi connectivity index (χ1v) is 8.12. The number of halogens is 3. The Kier molecular flexibility index (Phi) is 5.26. The fourth-order valence-corrected chi connectivity index (χ4v) is 3.78. The third-order valence-electron chi connectivity index (χ3n) is 4.73. The van der Waals surface area contributed by atoms with Crippen LogP contribution in [0.15, 0.2) is 12.1 Å². The van der Waals surface area contributed by atoms with Gasteiger partial charge in [0.1, 0.15) is 0 Å². The second kappa shape index (κ2) is 6.62. The van der Waals surface area contributed by atoms with Crippen LogP contribution in [0, 0.1) is 23.0 Å². The van der Waals surface area contributed by atoms with Gasteiger partial charge in [-0.05, 0) is 54.8 Å². The van der Waals surface area contributed by atoms with Gasteiger partial charge in [0, 0.05) is 11.1 Å². The van der Waals surface area contributed by atoms with Crippen LogP contribution in [0.4, 0.5) is 8.78 Å². The van der Waals surface area contributed by atoms with E-state index in [2.05, 4.69) is 26.1 Å². The third-order valence-corrected chi connectivity index (χ3v) is 5.06. The molecule has 0 heterocycles. The Morgan fingerprint density at radius 1 is 1.33 bits per heavy atom. The highest BCUT2D eigenvalue weighted by molar-refractivity contribution is 6.31. The molecule has 1 nitrogen and oxygen atoms in total. The molecule has 0 amide bonds. The molecule has 0 spiro atoms. The SMILES string of the molecule is CCCNC(c1cc(F)c(F)cc1Cl)C1CCCC1(C)C. The molecule has 0 saturated heterocycles. The van der Waals surface area contributed by atoms with Gasteiger partial charge in [-0.3, -0.25) is 0 Å². The van der Waals surface area contributed by atoms with E-state index in [1.807, 2.05) is 0 Å². The lowest BCUT2D eigenvalue weighted by Crippen LogP contribution is -2.34. The van der Waals surface area contributed by atoms with E-state index >= 15 is 0 Å². The predicted octanol–water partition coefficient (Wildman–Crippen LogP) is 5.49. The fourth-order valence-electron chi connectivity index (χ4n) is 3.52. The molecule has 1 aliphatic carbocycles. The van der Waals surface area contributed by atoms with Crippen LogP contribution < -0.4 is 5.32 Å². The Balaban J connectivity index is 2.38. The maximum atomic E-state index is 13.7. The van der Waals surface area contributed by atoms with Gasteiger partial charge in [0.25, 0.3) is 0 Å². The normalized spacial score (nSPS) is 22.5. The highest BCUT2D eigenvalue weighted by atomic mass is 35.5. The van der Waals surface area contributed by atoms with E-state index in [0.29, 0.717) is 16.5 Å². The molecule has 2 rings (SSSR count). The van der Waals surface area contributed by atoms with Crippen LogP contribution in [-0.4, -0.2) is 6.54 Å². The van der Waals surface area contributed by atoms with Gasteiger partial charge in [-0.1, -0.05) is 38.8 Å². The van der Waals surface area contributed by atoms with Crippen LogP contribution >= 0.6 is 11.6 Å². The van der Waals surface area contributed by atoms with Gasteiger partial charge >= 0.3 is 0 Å². The van der Waals surface area contributed by atoms with Crippen LogP contribution in [0.5, 0.6) is 0 Å². The lowest BCUT2D eigenvalue weighted by atomic mass is 9.75. The summed E-state index contributed by atoms with van der Waals surface area (Å²) in [7, 11) is 0. The van der Waals surface area contributed by atoms with E-state index in [9.17, 15) is 8.78 Å². The van der Waals surface area contributed by atoms with Crippen molar-refractivity contribution < 1.29 is 8.78 Å². The van der Waals surface area contributed by atoms with E-state index in [4.69, 9.17) is 11.6 Å². The largest absolute Gasteiger partial charge is 0.310 e. The standard InChI is InChI=1S/C17H24ClF2N/c1-4-8-21-16(12-6-5-7-17(12,2)3)11-9-14(19)15(20)10-13(11)18/h9-10,12,16,21H,4-8H2,1-3H3. The molecule has 2 unspecified atom stereocenters. The van der Waals surface area contributed by atoms with E-state index in [0.717, 1.165) is 31.9 Å². The lowest BCUT2D eigenvalue weighted by molar-refractivity contribution is 0.197. The summed E-state index contributed by atoms with van der Waals surface area (Å²) in [6, 6.07) is 2.33. The lowest BCUT2D eigenvalue weighted by Gasteiger charge is -2.35. The quantitative estimate of drug-likeness (QED) is 0.709. The molecule has 4 heteroatoms. The van der Waals surface area contributed by atoms with Crippen molar-refractivity contribution in [2.45, 2.75) is 52.5 Å². The van der Waals surface area contributed by atoms with Crippen molar-refractivity contribution in [1.82, 2.24) is 5.32 Å². The van der Waals surface area contributed by atoms with Crippen molar-refractivity contribution in [2.75, 3.05) is 6.54 Å². The molecule has 0 bridgehead atoms. The molecule has 21 heavy (non-hydrogen) atoms. The minimum atomic E-state index is -0.885. The molecule has 0 aliphatic heterocycles. The second-order valence-corrected chi connectivity index (χ2v) is 7.11. The minimum Gasteiger partial charge on any atom is -0.310 e. The van der Waals surface area contributed by atoms with Crippen LogP contribution in [0.1, 0.15) is 58.1 Å². The highest BCUT2D eigenvalue weighted by Crippen LogP contribution is 2.49. The summed E-state index contributed by atoms with van der Waals surface area (Å²) < 4.78 is 27.0. The van der Waals surface area contributed by atoms with Crippen molar-refractivity contribution in [1.29, 1.82) is 0 Å². The van der Waals surface area contributed by atoms with Crippen LogP contribution in [0.2, 0.25) is 5.02 Å². The van der Waals surface area contributed by atoms with Gasteiger partial charge < -0.3 is 5.32 Å². The Hall–Kier alpha value is -0.670. The van der Waals surface area contributed by atoms with Gasteiger partial charge in [-0.25, -0.2) is 8.78 Å². The fraction of sp³-hybridized carbons (Fsp3) is 0.647. The van der Waals surface area contributed by atoms with Crippen molar-refractivity contribution >= 4 is 11.6 Å². The van der Waals surface area contributed by atoms with Crippen LogP contribution in [-0.2, 0) is 0 Å². The van der Waals surface area contributed by atoms with E-state index in [1.54, 1.807) is 0 Å². The van der Waals surface area contributed by atoms with Gasteiger partial charge in [-0.15, -0.1) is 0 Å². The summed E-state index contributed by atoms with van der Waals surface area (Å²) >= 11 is 6.20. The van der Waals surface area contributed by atoms with Crippen molar-refractivity contribution in [3.63, 3.8) is 0 Å². The van der Waals surface area contributed by atoms with E-state index in [1.165, 1.54) is 12.5 Å². The first kappa shape index (κ1) is 16.7. The summed E-state index contributed by atoms with van der Waals surface area (Å²) in [5.74, 6) is -1.33. The Morgan fingerprint density at radius 2 is 2.00 bits per heavy atom. The number of rotatable bonds is 5. The van der Waals surface area contributed by atoms with Crippen LogP contribution in [0.25, 0.3) is 0 Å². The third kappa shape index (κ3) is 3.57. The molecule has 2 atom stereocenters. The summed E-state index contributed by atoms with van der Waals surface area (Å²) in [6.45, 7) is 7.43. The molecule has 0 radical (unpaired) electrons. The highest BCUT2D eigenvalue weighted by Gasteiger charge is 2.40. The van der Waals surface area contributed by atoms with Crippen molar-refractivity contribution in [2.24, 2.45) is 11.3 Å². The average molecular weight is 316 g/mol. The molecule has 1 aromatic rings. The average Bonchev–Trinajstić information content (AvgIpc) is 2.75. The predicted molar refractivity (Wildman–Crippen MR) is 83.5 cm³/mol. The summed E-state index contributed by atoms with van der Waals surface area (Å²) in [6.07, 6.45) is 4.40. The molecule has 1 aromatic carbocycles. The van der Waals surface area contributed by atoms with Gasteiger partial charge in [0.2, 0.25) is 0 Å². The zero-order chi connectivity index (χ0) is 15.6. The van der Waals surface area contributed by atoms with Gasteiger partial charge in [0.05, 0.1) is 0 Å². The summed E-state index contributed by atoms with van der Waals surface area (Å²) in [5, 5.41) is 3.81. The first-order chi connectivity index (χ1) is 9.86. The molecule has 1 saturated carbocycles. The smallest absolute Gasteiger partial charge is 0.160 e. The van der Waals surface area contributed by atoms with Gasteiger partial charge in [0.15, 0.2) is 11.6 Å². The Bertz CT molecular complexity index is 502. The molecule has 0 aromatic heterocycles. The zero-order valence-electron chi connectivity index (χ0n) is 13.0. The maximum Gasteiger partial charge on any atom is 0.160 e. The van der Waals surface area contributed by atoms with Gasteiger partial charge in [-0.2, -0.15) is 0 Å². The topological polar surface area (TPSA) is 12.0 Å². The monoisotopic (exact) mass is 315 g/mol. The zero-order valence-corrected chi connectivity index (χ0v) is 13.7. The van der Waals surface area contributed by atoms with E-state index < -0.39 is 11.6 Å². The number of hydrogen-bond donors (Lipinski definition) is 1. The first-order valence-electron chi connectivity index (χ1n) is 7.74. The maximum absolute atomic E-state index is 13.7. The molecule has 1 N–H and O–H groups in total. The van der Waals surface area contributed by atoms with E-state index in [-0.39, 0.29) is 11.5 Å².